The lowest BCUT2D eigenvalue weighted by Gasteiger charge is -2.35. The maximum Gasteiger partial charge on any atom is 0.226 e. The number of rotatable bonds is 7. The zero-order valence-electron chi connectivity index (χ0n) is 17.9. The third-order valence-electron chi connectivity index (χ3n) is 5.59. The molecule has 2 heterocycles. The monoisotopic (exact) mass is 416 g/mol. The average molecular weight is 417 g/mol. The highest BCUT2D eigenvalue weighted by Gasteiger charge is 2.22. The van der Waals surface area contributed by atoms with Crippen molar-refractivity contribution in [1.29, 1.82) is 0 Å². The number of hydrogen-bond acceptors (Lipinski definition) is 5. The summed E-state index contributed by atoms with van der Waals surface area (Å²) in [6.07, 6.45) is 1.40. The Kier molecular flexibility index (Phi) is 6.77. The Labute approximate surface area is 183 Å². The van der Waals surface area contributed by atoms with E-state index in [1.807, 2.05) is 59.5 Å². The topological polar surface area (TPSA) is 58.6 Å². The summed E-state index contributed by atoms with van der Waals surface area (Å²) in [5.41, 5.74) is 3.20. The molecule has 0 atom stereocenters. The molecular formula is C25H28N4O2. The van der Waals surface area contributed by atoms with Crippen LogP contribution in [0.4, 0.5) is 5.82 Å². The molecule has 0 N–H and O–H groups in total. The molecule has 1 aromatic heterocycles. The number of amides is 1. The van der Waals surface area contributed by atoms with Crippen molar-refractivity contribution in [2.75, 3.05) is 37.7 Å². The Balaban J connectivity index is 1.23. The van der Waals surface area contributed by atoms with E-state index < -0.39 is 0 Å². The lowest BCUT2D eigenvalue weighted by molar-refractivity contribution is -0.132. The molecule has 3 aromatic rings. The average Bonchev–Trinajstić information content (AvgIpc) is 2.85. The number of ether oxygens (including phenoxy) is 1. The van der Waals surface area contributed by atoms with Gasteiger partial charge in [-0.2, -0.15) is 0 Å². The highest BCUT2D eigenvalue weighted by Crippen LogP contribution is 2.19. The van der Waals surface area contributed by atoms with Crippen LogP contribution in [0.5, 0.6) is 5.75 Å². The maximum absolute atomic E-state index is 12.5. The van der Waals surface area contributed by atoms with Gasteiger partial charge in [-0.1, -0.05) is 49.4 Å². The van der Waals surface area contributed by atoms with Crippen molar-refractivity contribution in [1.82, 2.24) is 15.1 Å². The van der Waals surface area contributed by atoms with E-state index in [1.54, 1.807) is 0 Å². The van der Waals surface area contributed by atoms with Gasteiger partial charge in [0.2, 0.25) is 5.91 Å². The molecule has 2 aromatic carbocycles. The van der Waals surface area contributed by atoms with Crippen molar-refractivity contribution in [3.05, 3.63) is 72.3 Å². The molecule has 1 aliphatic rings. The lowest BCUT2D eigenvalue weighted by Crippen LogP contribution is -2.49. The van der Waals surface area contributed by atoms with Crippen LogP contribution >= 0.6 is 0 Å². The third-order valence-corrected chi connectivity index (χ3v) is 5.59. The Bertz CT molecular complexity index is 967. The van der Waals surface area contributed by atoms with Gasteiger partial charge in [-0.15, -0.1) is 10.2 Å². The summed E-state index contributed by atoms with van der Waals surface area (Å²) in [6, 6.07) is 22.1. The van der Waals surface area contributed by atoms with Crippen LogP contribution in [0.25, 0.3) is 11.3 Å². The normalized spacial score (nSPS) is 13.8. The molecule has 6 nitrogen and oxygen atoms in total. The third kappa shape index (κ3) is 5.40. The number of benzene rings is 2. The summed E-state index contributed by atoms with van der Waals surface area (Å²) in [6.45, 7) is 5.41. The van der Waals surface area contributed by atoms with Crippen molar-refractivity contribution in [2.24, 2.45) is 0 Å². The summed E-state index contributed by atoms with van der Waals surface area (Å²) in [5, 5.41) is 8.77. The van der Waals surface area contributed by atoms with Crippen LogP contribution in [0.1, 0.15) is 18.9 Å². The molecule has 1 amide bonds. The number of piperazine rings is 1. The molecule has 160 valence electrons. The molecule has 6 heteroatoms. The molecule has 0 saturated carbocycles. The number of carbonyl (C=O) groups is 1. The minimum Gasteiger partial charge on any atom is -0.493 e. The van der Waals surface area contributed by atoms with Crippen LogP contribution in [-0.4, -0.2) is 53.8 Å². The summed E-state index contributed by atoms with van der Waals surface area (Å²) >= 11 is 0. The molecule has 1 fully saturated rings. The Morgan fingerprint density at radius 1 is 0.903 bits per heavy atom. The lowest BCUT2D eigenvalue weighted by atomic mass is 10.1. The molecule has 31 heavy (non-hydrogen) atoms. The van der Waals surface area contributed by atoms with Crippen LogP contribution in [0.3, 0.4) is 0 Å². The number of anilines is 1. The van der Waals surface area contributed by atoms with Gasteiger partial charge in [0.05, 0.1) is 18.7 Å². The number of aryl methyl sites for hydroxylation is 1. The van der Waals surface area contributed by atoms with Gasteiger partial charge >= 0.3 is 0 Å². The summed E-state index contributed by atoms with van der Waals surface area (Å²) in [7, 11) is 0. The molecule has 0 aliphatic carbocycles. The fraction of sp³-hybridized carbons (Fsp3) is 0.320. The first kappa shape index (κ1) is 20.8. The fourth-order valence-corrected chi connectivity index (χ4v) is 3.68. The van der Waals surface area contributed by atoms with Crippen molar-refractivity contribution in [3.63, 3.8) is 0 Å². The first-order valence-corrected chi connectivity index (χ1v) is 10.9. The van der Waals surface area contributed by atoms with Crippen LogP contribution in [0, 0.1) is 0 Å². The predicted octanol–water partition coefficient (Wildman–Crippen LogP) is 3.82. The van der Waals surface area contributed by atoms with Gasteiger partial charge in [0.15, 0.2) is 5.82 Å². The first-order valence-electron chi connectivity index (χ1n) is 10.9. The van der Waals surface area contributed by atoms with Gasteiger partial charge in [-0.3, -0.25) is 4.79 Å². The highest BCUT2D eigenvalue weighted by atomic mass is 16.5. The van der Waals surface area contributed by atoms with Gasteiger partial charge in [0.25, 0.3) is 0 Å². The highest BCUT2D eigenvalue weighted by molar-refractivity contribution is 5.76. The first-order chi connectivity index (χ1) is 15.2. The zero-order chi connectivity index (χ0) is 21.5. The van der Waals surface area contributed by atoms with Gasteiger partial charge in [0, 0.05) is 31.7 Å². The van der Waals surface area contributed by atoms with E-state index in [0.717, 1.165) is 42.3 Å². The Hall–Kier alpha value is -3.41. The van der Waals surface area contributed by atoms with Crippen molar-refractivity contribution >= 4 is 11.7 Å². The summed E-state index contributed by atoms with van der Waals surface area (Å²) in [4.78, 5) is 16.6. The van der Waals surface area contributed by atoms with Gasteiger partial charge in [-0.25, -0.2) is 0 Å². The van der Waals surface area contributed by atoms with Crippen molar-refractivity contribution in [2.45, 2.75) is 19.8 Å². The van der Waals surface area contributed by atoms with Gasteiger partial charge in [0.1, 0.15) is 5.75 Å². The van der Waals surface area contributed by atoms with E-state index in [0.29, 0.717) is 26.1 Å². The molecule has 4 rings (SSSR count). The van der Waals surface area contributed by atoms with Crippen LogP contribution in [0.15, 0.2) is 66.7 Å². The quantitative estimate of drug-likeness (QED) is 0.586. The Morgan fingerprint density at radius 2 is 1.65 bits per heavy atom. The van der Waals surface area contributed by atoms with Crippen LogP contribution in [-0.2, 0) is 11.2 Å². The van der Waals surface area contributed by atoms with Gasteiger partial charge < -0.3 is 14.5 Å². The molecule has 1 saturated heterocycles. The standard InChI is InChI=1S/C25H28N4O2/c1-2-20-8-10-22(11-9-20)31-19-14-25(30)29-17-15-28(16-18-29)24-13-12-23(26-27-24)21-6-4-3-5-7-21/h3-13H,2,14-19H2,1H3. The molecule has 0 spiro atoms. The van der Waals surface area contributed by atoms with Crippen molar-refractivity contribution in [3.8, 4) is 17.0 Å². The summed E-state index contributed by atoms with van der Waals surface area (Å²) in [5.74, 6) is 1.80. The Morgan fingerprint density at radius 3 is 2.29 bits per heavy atom. The molecule has 1 aliphatic heterocycles. The van der Waals surface area contributed by atoms with Crippen LogP contribution in [0.2, 0.25) is 0 Å². The molecule has 0 unspecified atom stereocenters. The van der Waals surface area contributed by atoms with E-state index in [9.17, 15) is 4.79 Å². The fourth-order valence-electron chi connectivity index (χ4n) is 3.68. The van der Waals surface area contributed by atoms with Crippen molar-refractivity contribution < 1.29 is 9.53 Å². The molecule has 0 bridgehead atoms. The zero-order valence-corrected chi connectivity index (χ0v) is 17.9. The second-order valence-electron chi connectivity index (χ2n) is 7.61. The van der Waals surface area contributed by atoms with E-state index in [1.165, 1.54) is 5.56 Å². The number of aromatic nitrogens is 2. The van der Waals surface area contributed by atoms with E-state index >= 15 is 0 Å². The summed E-state index contributed by atoms with van der Waals surface area (Å²) < 4.78 is 5.73. The number of hydrogen-bond donors (Lipinski definition) is 0. The van der Waals surface area contributed by atoms with E-state index in [-0.39, 0.29) is 5.91 Å². The smallest absolute Gasteiger partial charge is 0.226 e. The maximum atomic E-state index is 12.5. The minimum absolute atomic E-state index is 0.135. The number of nitrogens with zero attached hydrogens (tertiary/aromatic N) is 4. The second kappa shape index (κ2) is 10.1. The van der Waals surface area contributed by atoms with E-state index in [2.05, 4.69) is 34.2 Å². The minimum atomic E-state index is 0.135. The predicted molar refractivity (Wildman–Crippen MR) is 122 cm³/mol. The second-order valence-corrected chi connectivity index (χ2v) is 7.61. The van der Waals surface area contributed by atoms with E-state index in [4.69, 9.17) is 4.74 Å². The van der Waals surface area contributed by atoms with Gasteiger partial charge in [-0.05, 0) is 36.2 Å². The molecular weight excluding hydrogens is 388 g/mol. The molecule has 0 radical (unpaired) electrons. The SMILES string of the molecule is CCc1ccc(OCCC(=O)N2CCN(c3ccc(-c4ccccc4)nn3)CC2)cc1. The largest absolute Gasteiger partial charge is 0.493 e. The van der Waals surface area contributed by atoms with Crippen LogP contribution < -0.4 is 9.64 Å². The number of carbonyl (C=O) groups excluding carboxylic acids is 1.